The molecule has 260 valence electrons. The van der Waals surface area contributed by atoms with Crippen LogP contribution in [0, 0.1) is 0 Å². The van der Waals surface area contributed by atoms with Gasteiger partial charge in [-0.15, -0.1) is 0 Å². The molecule has 2 heterocycles. The second-order valence-corrected chi connectivity index (χ2v) is 14.0. The number of carbonyl (C=O) groups is 3. The maximum absolute atomic E-state index is 13.4. The van der Waals surface area contributed by atoms with Gasteiger partial charge in [0.1, 0.15) is 17.7 Å². The Balaban J connectivity index is 1.08. The number of pyridine rings is 1. The van der Waals surface area contributed by atoms with Crippen molar-refractivity contribution in [1.82, 2.24) is 14.8 Å². The zero-order valence-electron chi connectivity index (χ0n) is 29.1. The number of ether oxygens (including phenoxy) is 2. The number of rotatable bonds is 8. The maximum Gasteiger partial charge on any atom is 0.411 e. The molecule has 0 saturated carbocycles. The van der Waals surface area contributed by atoms with Crippen LogP contribution in [0.2, 0.25) is 0 Å². The third kappa shape index (κ3) is 7.35. The Morgan fingerprint density at radius 2 is 1.58 bits per heavy atom. The first-order chi connectivity index (χ1) is 23.9. The summed E-state index contributed by atoms with van der Waals surface area (Å²) in [7, 11) is 1.55. The Bertz CT molecular complexity index is 1800. The Morgan fingerprint density at radius 3 is 2.18 bits per heavy atom. The number of hydrogen-bond acceptors (Lipinski definition) is 7. The van der Waals surface area contributed by atoms with Crippen molar-refractivity contribution in [3.8, 4) is 11.1 Å². The number of hydrogen-bond donors (Lipinski definition) is 2. The Hall–Kier alpha value is -5.22. The number of carbonyl (C=O) groups excluding carboxylic acids is 3. The molecule has 2 N–H and O–H groups in total. The second kappa shape index (κ2) is 14.3. The highest BCUT2D eigenvalue weighted by molar-refractivity contribution is 5.96. The average molecular weight is 677 g/mol. The van der Waals surface area contributed by atoms with Crippen molar-refractivity contribution in [3.63, 3.8) is 0 Å². The minimum atomic E-state index is -0.902. The van der Waals surface area contributed by atoms with Crippen LogP contribution in [0.5, 0.6) is 0 Å². The third-order valence-corrected chi connectivity index (χ3v) is 9.48. The quantitative estimate of drug-likeness (QED) is 0.201. The normalized spacial score (nSPS) is 18.1. The van der Waals surface area contributed by atoms with Crippen LogP contribution >= 0.6 is 0 Å². The lowest BCUT2D eigenvalue weighted by Crippen LogP contribution is -2.47. The highest BCUT2D eigenvalue weighted by atomic mass is 16.6. The Kier molecular flexibility index (Phi) is 9.93. The fraction of sp³-hybridized carbons (Fsp3) is 0.350. The van der Waals surface area contributed by atoms with Gasteiger partial charge >= 0.3 is 12.2 Å². The molecule has 0 bridgehead atoms. The van der Waals surface area contributed by atoms with Crippen molar-refractivity contribution >= 4 is 23.8 Å². The second-order valence-electron chi connectivity index (χ2n) is 14.0. The van der Waals surface area contributed by atoms with Crippen LogP contribution < -0.4 is 5.32 Å². The van der Waals surface area contributed by atoms with E-state index in [9.17, 15) is 19.5 Å². The van der Waals surface area contributed by atoms with Crippen LogP contribution in [-0.4, -0.2) is 68.8 Å². The molecule has 10 nitrogen and oxygen atoms in total. The van der Waals surface area contributed by atoms with Gasteiger partial charge in [-0.05, 0) is 81.8 Å². The van der Waals surface area contributed by atoms with E-state index in [0.717, 1.165) is 27.8 Å². The van der Waals surface area contributed by atoms with E-state index in [4.69, 9.17) is 9.47 Å². The molecule has 4 aromatic rings. The molecule has 50 heavy (non-hydrogen) atoms. The largest absolute Gasteiger partial charge is 0.444 e. The number of nitrogens with one attached hydrogen (secondary N) is 1. The molecule has 4 atom stereocenters. The number of aromatic nitrogens is 1. The molecule has 0 spiro atoms. The summed E-state index contributed by atoms with van der Waals surface area (Å²) in [6.07, 6.45) is 2.59. The molecule has 0 radical (unpaired) electrons. The van der Waals surface area contributed by atoms with E-state index in [1.807, 2.05) is 81.4 Å². The molecule has 1 aliphatic carbocycles. The molecule has 1 aliphatic heterocycles. The molecular formula is C40H44N4O6. The van der Waals surface area contributed by atoms with Gasteiger partial charge < -0.3 is 19.9 Å². The molecular weight excluding hydrogens is 632 g/mol. The summed E-state index contributed by atoms with van der Waals surface area (Å²) in [5.74, 6) is -0.358. The van der Waals surface area contributed by atoms with Gasteiger partial charge in [0.05, 0.1) is 6.04 Å². The molecule has 6 rings (SSSR count). The number of aliphatic hydroxyl groups is 1. The fourth-order valence-electron chi connectivity index (χ4n) is 6.79. The molecule has 3 amide bonds. The first kappa shape index (κ1) is 34.6. The van der Waals surface area contributed by atoms with Crippen molar-refractivity contribution in [2.45, 2.75) is 82.9 Å². The monoisotopic (exact) mass is 676 g/mol. The number of likely N-dealkylation sites (N-methyl/N-ethyl adjacent to an activating group) is 1. The van der Waals surface area contributed by atoms with Gasteiger partial charge in [0, 0.05) is 47.9 Å². The van der Waals surface area contributed by atoms with Crippen molar-refractivity contribution in [3.05, 3.63) is 120 Å². The summed E-state index contributed by atoms with van der Waals surface area (Å²) in [5, 5.41) is 14.2. The SMILES string of the molecule is C[C@@H](C(=O)Nc1ccc(C[C@@H]2CC[C@H]([C@H](O)c3cccnc3)N2C(=O)OC(C)(C)C)cc1)N(C)C(=O)OC1c2ccccc2-c2ccccc21. The highest BCUT2D eigenvalue weighted by Gasteiger charge is 2.43. The number of aliphatic hydroxyl groups excluding tert-OH is 1. The number of fused-ring (bicyclic) bond motifs is 3. The van der Waals surface area contributed by atoms with E-state index >= 15 is 0 Å². The number of amides is 3. The molecule has 1 fully saturated rings. The smallest absolute Gasteiger partial charge is 0.411 e. The zero-order chi connectivity index (χ0) is 35.6. The van der Waals surface area contributed by atoms with Crippen LogP contribution in [0.25, 0.3) is 11.1 Å². The summed E-state index contributed by atoms with van der Waals surface area (Å²) < 4.78 is 11.7. The minimum Gasteiger partial charge on any atom is -0.444 e. The number of likely N-dealkylation sites (tertiary alicyclic amines) is 1. The molecule has 2 aliphatic rings. The predicted octanol–water partition coefficient (Wildman–Crippen LogP) is 7.29. The van der Waals surface area contributed by atoms with Gasteiger partial charge in [0.2, 0.25) is 5.91 Å². The first-order valence-electron chi connectivity index (χ1n) is 17.0. The Morgan fingerprint density at radius 1 is 0.940 bits per heavy atom. The molecule has 0 unspecified atom stereocenters. The number of nitrogens with zero attached hydrogens (tertiary/aromatic N) is 3. The van der Waals surface area contributed by atoms with Gasteiger partial charge in [-0.25, -0.2) is 9.59 Å². The maximum atomic E-state index is 13.4. The number of benzene rings is 3. The number of anilines is 1. The fourth-order valence-corrected chi connectivity index (χ4v) is 6.79. The molecule has 1 saturated heterocycles. The lowest BCUT2D eigenvalue weighted by molar-refractivity contribution is -0.120. The van der Waals surface area contributed by atoms with Crippen molar-refractivity contribution in [2.75, 3.05) is 12.4 Å². The predicted molar refractivity (Wildman–Crippen MR) is 190 cm³/mol. The van der Waals surface area contributed by atoms with E-state index in [1.54, 1.807) is 55.5 Å². The van der Waals surface area contributed by atoms with Crippen LogP contribution in [0.1, 0.15) is 75.0 Å². The van der Waals surface area contributed by atoms with Gasteiger partial charge in [0.15, 0.2) is 6.10 Å². The van der Waals surface area contributed by atoms with Gasteiger partial charge in [-0.2, -0.15) is 0 Å². The molecule has 10 heteroatoms. The summed E-state index contributed by atoms with van der Waals surface area (Å²) >= 11 is 0. The van der Waals surface area contributed by atoms with E-state index < -0.39 is 42.1 Å². The minimum absolute atomic E-state index is 0.194. The van der Waals surface area contributed by atoms with Crippen LogP contribution in [-0.2, 0) is 20.7 Å². The Labute approximate surface area is 293 Å². The van der Waals surface area contributed by atoms with Gasteiger partial charge in [-0.1, -0.05) is 66.7 Å². The summed E-state index contributed by atoms with van der Waals surface area (Å²) in [5.41, 5.74) is 5.39. The average Bonchev–Trinajstić information content (AvgIpc) is 3.67. The summed E-state index contributed by atoms with van der Waals surface area (Å²) in [6.45, 7) is 7.13. The van der Waals surface area contributed by atoms with Crippen molar-refractivity contribution in [2.24, 2.45) is 0 Å². The van der Waals surface area contributed by atoms with E-state index in [-0.39, 0.29) is 11.9 Å². The van der Waals surface area contributed by atoms with Gasteiger partial charge in [0.25, 0.3) is 0 Å². The molecule has 1 aromatic heterocycles. The third-order valence-electron chi connectivity index (χ3n) is 9.48. The lowest BCUT2D eigenvalue weighted by Gasteiger charge is -2.34. The van der Waals surface area contributed by atoms with E-state index in [1.165, 1.54) is 4.90 Å². The van der Waals surface area contributed by atoms with Crippen LogP contribution in [0.3, 0.4) is 0 Å². The zero-order valence-corrected chi connectivity index (χ0v) is 29.1. The van der Waals surface area contributed by atoms with E-state index in [2.05, 4.69) is 10.3 Å². The highest BCUT2D eigenvalue weighted by Crippen LogP contribution is 2.45. The van der Waals surface area contributed by atoms with Crippen LogP contribution in [0.15, 0.2) is 97.3 Å². The lowest BCUT2D eigenvalue weighted by atomic mass is 10.0. The topological polar surface area (TPSA) is 121 Å². The standard InChI is InChI=1S/C40H44N4O6/c1-25(43(5)38(47)49-36-32-14-8-6-12-30(32)31-13-7-9-15-33(31)36)37(46)42-28-18-16-26(17-19-28)23-29-20-21-34(35(45)27-11-10-22-41-24-27)44(29)39(48)50-40(2,3)4/h6-19,22,24-25,29,34-36,45H,20-21,23H2,1-5H3,(H,42,46)/t25-,29-,34+,35+/m0/s1. The molecule has 3 aromatic carbocycles. The van der Waals surface area contributed by atoms with E-state index in [0.29, 0.717) is 30.5 Å². The van der Waals surface area contributed by atoms with Crippen molar-refractivity contribution in [1.29, 1.82) is 0 Å². The summed E-state index contributed by atoms with van der Waals surface area (Å²) in [6, 6.07) is 25.3. The van der Waals surface area contributed by atoms with Crippen molar-refractivity contribution < 1.29 is 29.0 Å². The summed E-state index contributed by atoms with van der Waals surface area (Å²) in [4.78, 5) is 47.1. The first-order valence-corrected chi connectivity index (χ1v) is 17.0. The van der Waals surface area contributed by atoms with Gasteiger partial charge in [-0.3, -0.25) is 19.6 Å². The van der Waals surface area contributed by atoms with Crippen LogP contribution in [0.4, 0.5) is 15.3 Å².